The summed E-state index contributed by atoms with van der Waals surface area (Å²) in [5.74, 6) is 0.469. The highest BCUT2D eigenvalue weighted by Crippen LogP contribution is 2.43. The maximum atomic E-state index is 11.6. The standard InChI is InChI=1S/C16H22O/c1-2-3-10-16(11-9-15(17)13-16)12-14-7-5-4-6-8-14/h4-8H,2-3,9-13H2,1H3. The van der Waals surface area contributed by atoms with Gasteiger partial charge in [0.25, 0.3) is 0 Å². The molecular formula is C16H22O. The van der Waals surface area contributed by atoms with Gasteiger partial charge in [0.1, 0.15) is 5.78 Å². The van der Waals surface area contributed by atoms with E-state index in [9.17, 15) is 4.79 Å². The van der Waals surface area contributed by atoms with Gasteiger partial charge >= 0.3 is 0 Å². The van der Waals surface area contributed by atoms with E-state index < -0.39 is 0 Å². The van der Waals surface area contributed by atoms with Crippen LogP contribution >= 0.6 is 0 Å². The predicted octanol–water partition coefficient (Wildman–Crippen LogP) is 4.16. The minimum absolute atomic E-state index is 0.272. The Balaban J connectivity index is 2.08. The Bertz CT molecular complexity index is 368. The molecule has 1 aromatic rings. The molecule has 1 atom stereocenters. The third-order valence-corrected chi connectivity index (χ3v) is 3.99. The summed E-state index contributed by atoms with van der Waals surface area (Å²) in [6, 6.07) is 10.6. The molecule has 1 aliphatic carbocycles. The average molecular weight is 230 g/mol. The Morgan fingerprint density at radius 1 is 1.24 bits per heavy atom. The number of unbranched alkanes of at least 4 members (excludes halogenated alkanes) is 1. The summed E-state index contributed by atoms with van der Waals surface area (Å²) in [6.07, 6.45) is 7.48. The zero-order chi connectivity index (χ0) is 12.1. The lowest BCUT2D eigenvalue weighted by Crippen LogP contribution is -2.20. The van der Waals surface area contributed by atoms with Crippen molar-refractivity contribution in [2.45, 2.75) is 51.9 Å². The fourth-order valence-electron chi connectivity index (χ4n) is 3.03. The van der Waals surface area contributed by atoms with Crippen molar-refractivity contribution in [2.75, 3.05) is 0 Å². The maximum Gasteiger partial charge on any atom is 0.133 e. The number of Topliss-reactive ketones (excluding diaryl/α,β-unsaturated/α-hetero) is 1. The highest BCUT2D eigenvalue weighted by Gasteiger charge is 2.37. The van der Waals surface area contributed by atoms with Gasteiger partial charge in [0.05, 0.1) is 0 Å². The normalized spacial score (nSPS) is 24.2. The average Bonchev–Trinajstić information content (AvgIpc) is 2.70. The number of ketones is 1. The topological polar surface area (TPSA) is 17.1 Å². The molecule has 1 fully saturated rings. The molecule has 92 valence electrons. The molecule has 0 radical (unpaired) electrons. The first-order valence-electron chi connectivity index (χ1n) is 6.80. The van der Waals surface area contributed by atoms with Gasteiger partial charge in [-0.05, 0) is 30.2 Å². The SMILES string of the molecule is CCCCC1(Cc2ccccc2)CCC(=O)C1. The predicted molar refractivity (Wildman–Crippen MR) is 71.0 cm³/mol. The van der Waals surface area contributed by atoms with Crippen LogP contribution in [-0.4, -0.2) is 5.78 Å². The Labute approximate surface area is 104 Å². The van der Waals surface area contributed by atoms with E-state index in [-0.39, 0.29) is 5.41 Å². The molecule has 0 bridgehead atoms. The van der Waals surface area contributed by atoms with Gasteiger partial charge in [-0.25, -0.2) is 0 Å². The number of carbonyl (C=O) groups excluding carboxylic acids is 1. The first-order chi connectivity index (χ1) is 8.24. The summed E-state index contributed by atoms with van der Waals surface area (Å²) in [5.41, 5.74) is 1.66. The molecule has 0 heterocycles. The number of hydrogen-bond donors (Lipinski definition) is 0. The molecule has 0 saturated heterocycles. The molecule has 1 saturated carbocycles. The monoisotopic (exact) mass is 230 g/mol. The van der Waals surface area contributed by atoms with Gasteiger partial charge in [0.2, 0.25) is 0 Å². The van der Waals surface area contributed by atoms with Crippen LogP contribution in [0.2, 0.25) is 0 Å². The van der Waals surface area contributed by atoms with E-state index >= 15 is 0 Å². The molecular weight excluding hydrogens is 208 g/mol. The molecule has 2 rings (SSSR count). The molecule has 0 aromatic heterocycles. The summed E-state index contributed by atoms with van der Waals surface area (Å²) in [5, 5.41) is 0. The summed E-state index contributed by atoms with van der Waals surface area (Å²) >= 11 is 0. The number of hydrogen-bond acceptors (Lipinski definition) is 1. The quantitative estimate of drug-likeness (QED) is 0.742. The lowest BCUT2D eigenvalue weighted by atomic mass is 9.76. The summed E-state index contributed by atoms with van der Waals surface area (Å²) in [4.78, 5) is 11.6. The first-order valence-corrected chi connectivity index (χ1v) is 6.80. The molecule has 0 amide bonds. The van der Waals surface area contributed by atoms with Crippen LogP contribution in [0, 0.1) is 5.41 Å². The first kappa shape index (κ1) is 12.3. The molecule has 0 aliphatic heterocycles. The molecule has 1 unspecified atom stereocenters. The van der Waals surface area contributed by atoms with Crippen molar-refractivity contribution in [1.82, 2.24) is 0 Å². The zero-order valence-electron chi connectivity index (χ0n) is 10.7. The summed E-state index contributed by atoms with van der Waals surface area (Å²) < 4.78 is 0. The van der Waals surface area contributed by atoms with Gasteiger partial charge in [-0.15, -0.1) is 0 Å². The van der Waals surface area contributed by atoms with Crippen LogP contribution in [0.1, 0.15) is 51.0 Å². The zero-order valence-corrected chi connectivity index (χ0v) is 10.7. The van der Waals surface area contributed by atoms with Crippen LogP contribution in [0.25, 0.3) is 0 Å². The Morgan fingerprint density at radius 2 is 2.00 bits per heavy atom. The van der Waals surface area contributed by atoms with Gasteiger partial charge in [0.15, 0.2) is 0 Å². The number of rotatable bonds is 5. The maximum absolute atomic E-state index is 11.6. The minimum Gasteiger partial charge on any atom is -0.300 e. The molecule has 17 heavy (non-hydrogen) atoms. The smallest absolute Gasteiger partial charge is 0.133 e. The van der Waals surface area contributed by atoms with Gasteiger partial charge in [0, 0.05) is 12.8 Å². The fourth-order valence-corrected chi connectivity index (χ4v) is 3.03. The summed E-state index contributed by atoms with van der Waals surface area (Å²) in [7, 11) is 0. The van der Waals surface area contributed by atoms with E-state index in [1.54, 1.807) is 0 Å². The van der Waals surface area contributed by atoms with Crippen molar-refractivity contribution in [3.63, 3.8) is 0 Å². The van der Waals surface area contributed by atoms with Crippen molar-refractivity contribution in [3.05, 3.63) is 35.9 Å². The van der Waals surface area contributed by atoms with Crippen LogP contribution in [0.15, 0.2) is 30.3 Å². The highest BCUT2D eigenvalue weighted by atomic mass is 16.1. The number of carbonyl (C=O) groups is 1. The molecule has 1 aromatic carbocycles. The van der Waals surface area contributed by atoms with E-state index in [1.807, 2.05) is 0 Å². The minimum atomic E-state index is 0.272. The van der Waals surface area contributed by atoms with E-state index in [0.717, 1.165) is 25.7 Å². The Hall–Kier alpha value is -1.11. The van der Waals surface area contributed by atoms with Crippen LogP contribution in [0.3, 0.4) is 0 Å². The second-order valence-corrected chi connectivity index (χ2v) is 5.48. The van der Waals surface area contributed by atoms with Gasteiger partial charge in [-0.3, -0.25) is 4.79 Å². The van der Waals surface area contributed by atoms with Crippen molar-refractivity contribution < 1.29 is 4.79 Å². The second kappa shape index (κ2) is 5.48. The van der Waals surface area contributed by atoms with Gasteiger partial charge < -0.3 is 0 Å². The van der Waals surface area contributed by atoms with Gasteiger partial charge in [-0.2, -0.15) is 0 Å². The molecule has 1 aliphatic rings. The lowest BCUT2D eigenvalue weighted by molar-refractivity contribution is -0.118. The Kier molecular flexibility index (Phi) is 3.98. The van der Waals surface area contributed by atoms with Crippen LogP contribution < -0.4 is 0 Å². The van der Waals surface area contributed by atoms with E-state index in [0.29, 0.717) is 5.78 Å². The fraction of sp³-hybridized carbons (Fsp3) is 0.562. The van der Waals surface area contributed by atoms with Crippen LogP contribution in [0.5, 0.6) is 0 Å². The van der Waals surface area contributed by atoms with Crippen molar-refractivity contribution in [2.24, 2.45) is 5.41 Å². The van der Waals surface area contributed by atoms with Crippen molar-refractivity contribution in [1.29, 1.82) is 0 Å². The largest absolute Gasteiger partial charge is 0.300 e. The number of benzene rings is 1. The third kappa shape index (κ3) is 3.18. The van der Waals surface area contributed by atoms with Gasteiger partial charge in [-0.1, -0.05) is 50.1 Å². The molecule has 1 heteroatoms. The highest BCUT2D eigenvalue weighted by molar-refractivity contribution is 5.81. The van der Waals surface area contributed by atoms with Crippen molar-refractivity contribution in [3.8, 4) is 0 Å². The lowest BCUT2D eigenvalue weighted by Gasteiger charge is -2.28. The molecule has 1 nitrogen and oxygen atoms in total. The van der Waals surface area contributed by atoms with Crippen molar-refractivity contribution >= 4 is 5.78 Å². The second-order valence-electron chi connectivity index (χ2n) is 5.48. The molecule has 0 N–H and O–H groups in total. The third-order valence-electron chi connectivity index (χ3n) is 3.99. The molecule has 0 spiro atoms. The summed E-state index contributed by atoms with van der Waals surface area (Å²) in [6.45, 7) is 2.23. The van der Waals surface area contributed by atoms with E-state index in [2.05, 4.69) is 37.3 Å². The van der Waals surface area contributed by atoms with Crippen LogP contribution in [0.4, 0.5) is 0 Å². The van der Waals surface area contributed by atoms with E-state index in [4.69, 9.17) is 0 Å². The Morgan fingerprint density at radius 3 is 2.59 bits per heavy atom. The van der Waals surface area contributed by atoms with E-state index in [1.165, 1.54) is 24.8 Å². The van der Waals surface area contributed by atoms with Crippen LogP contribution in [-0.2, 0) is 11.2 Å².